The lowest BCUT2D eigenvalue weighted by Crippen LogP contribution is -2.51. The van der Waals surface area contributed by atoms with E-state index in [0.717, 1.165) is 44.8 Å². The van der Waals surface area contributed by atoms with Crippen molar-refractivity contribution in [1.29, 1.82) is 0 Å². The Hall–Kier alpha value is -1.45. The Morgan fingerprint density at radius 2 is 2.33 bits per heavy atom. The maximum Gasteiger partial charge on any atom is 0.218 e. The van der Waals surface area contributed by atoms with Crippen LogP contribution in [0.25, 0.3) is 0 Å². The lowest BCUT2D eigenvalue weighted by atomic mass is 9.74. The summed E-state index contributed by atoms with van der Waals surface area (Å²) in [5, 5.41) is 0. The molecule has 0 amide bonds. The molecule has 24 heavy (non-hydrogen) atoms. The highest BCUT2D eigenvalue weighted by Gasteiger charge is 2.47. The van der Waals surface area contributed by atoms with Gasteiger partial charge in [-0.05, 0) is 19.3 Å². The Kier molecular flexibility index (Phi) is 4.93. The first kappa shape index (κ1) is 17.4. The fraction of sp³-hybridized carbons (Fsp3) is 0.733. The van der Waals surface area contributed by atoms with E-state index >= 15 is 0 Å². The van der Waals surface area contributed by atoms with Gasteiger partial charge in [-0.25, -0.2) is 23.1 Å². The summed E-state index contributed by atoms with van der Waals surface area (Å²) in [6.07, 6.45) is 5.46. The maximum atomic E-state index is 11.3. The van der Waals surface area contributed by atoms with Crippen LogP contribution in [0.3, 0.4) is 0 Å². The zero-order chi connectivity index (χ0) is 17.2. The van der Waals surface area contributed by atoms with Crippen LogP contribution in [0.1, 0.15) is 19.3 Å². The van der Waals surface area contributed by atoms with Crippen LogP contribution < -0.4 is 14.4 Å². The zero-order valence-electron chi connectivity index (χ0n) is 14.1. The lowest BCUT2D eigenvalue weighted by molar-refractivity contribution is 0.0293. The molecule has 1 N–H and O–H groups in total. The highest BCUT2D eigenvalue weighted by atomic mass is 32.2. The zero-order valence-corrected chi connectivity index (χ0v) is 14.9. The minimum atomic E-state index is -3.17. The second kappa shape index (κ2) is 6.81. The molecule has 3 heterocycles. The van der Waals surface area contributed by atoms with Crippen LogP contribution in [-0.2, 0) is 14.8 Å². The number of sulfonamides is 1. The summed E-state index contributed by atoms with van der Waals surface area (Å²) in [7, 11) is -1.59. The molecule has 2 atom stereocenters. The van der Waals surface area contributed by atoms with E-state index in [9.17, 15) is 8.42 Å². The molecule has 0 unspecified atom stereocenters. The van der Waals surface area contributed by atoms with Gasteiger partial charge in [0.25, 0.3) is 0 Å². The molecule has 1 aromatic rings. The van der Waals surface area contributed by atoms with E-state index in [-0.39, 0.29) is 11.5 Å². The molecule has 3 rings (SSSR count). The van der Waals surface area contributed by atoms with Crippen molar-refractivity contribution in [3.63, 3.8) is 0 Å². The Morgan fingerprint density at radius 3 is 3.08 bits per heavy atom. The predicted octanol–water partition coefficient (Wildman–Crippen LogP) is 0.410. The number of hydrogen-bond acceptors (Lipinski definition) is 7. The van der Waals surface area contributed by atoms with Gasteiger partial charge in [0.15, 0.2) is 0 Å². The lowest BCUT2D eigenvalue weighted by Gasteiger charge is -2.44. The summed E-state index contributed by atoms with van der Waals surface area (Å²) in [6.45, 7) is 2.81. The van der Waals surface area contributed by atoms with E-state index in [4.69, 9.17) is 9.47 Å². The third kappa shape index (κ3) is 3.79. The smallest absolute Gasteiger partial charge is 0.218 e. The molecule has 2 fully saturated rings. The second-order valence-corrected chi connectivity index (χ2v) is 8.35. The molecule has 0 saturated carbocycles. The van der Waals surface area contributed by atoms with E-state index in [2.05, 4.69) is 19.6 Å². The van der Waals surface area contributed by atoms with Gasteiger partial charge in [-0.3, -0.25) is 0 Å². The van der Waals surface area contributed by atoms with Crippen LogP contribution in [0, 0.1) is 5.41 Å². The Morgan fingerprint density at radius 1 is 1.50 bits per heavy atom. The molecular formula is C15H24N4O4S. The highest BCUT2D eigenvalue weighted by Crippen LogP contribution is 2.44. The summed E-state index contributed by atoms with van der Waals surface area (Å²) in [5.41, 5.74) is -0.0475. The van der Waals surface area contributed by atoms with Gasteiger partial charge in [-0.15, -0.1) is 0 Å². The largest absolute Gasteiger partial charge is 0.481 e. The molecular weight excluding hydrogens is 332 g/mol. The number of anilines is 1. The fourth-order valence-corrected chi connectivity index (χ4v) is 4.18. The standard InChI is InChI=1S/C15H24N4O4S/c1-22-14-9-13(16-11-17-14)19-7-3-12-15(10-19,5-8-23-12)4-6-18-24(2,20)21/h9,11-12,18H,3-8,10H2,1-2H3/t12-,15+/m1/s1. The number of nitrogens with zero attached hydrogens (tertiary/aromatic N) is 3. The fourth-order valence-electron chi connectivity index (χ4n) is 3.71. The number of aromatic nitrogens is 2. The van der Waals surface area contributed by atoms with Gasteiger partial charge in [0.05, 0.1) is 19.5 Å². The molecule has 2 aliphatic rings. The molecule has 8 nitrogen and oxygen atoms in total. The average Bonchev–Trinajstić information content (AvgIpc) is 2.96. The summed E-state index contributed by atoms with van der Waals surface area (Å²) < 4.78 is 36.4. The third-order valence-electron chi connectivity index (χ3n) is 4.92. The van der Waals surface area contributed by atoms with Crippen molar-refractivity contribution < 1.29 is 17.9 Å². The molecule has 0 aromatic carbocycles. The molecule has 0 bridgehead atoms. The highest BCUT2D eigenvalue weighted by molar-refractivity contribution is 7.88. The molecule has 0 spiro atoms. The van der Waals surface area contributed by atoms with Gasteiger partial charge in [-0.1, -0.05) is 0 Å². The number of fused-ring (bicyclic) bond motifs is 1. The SMILES string of the molecule is COc1cc(N2CC[C@H]3OCC[C@@]3(CCNS(C)(=O)=O)C2)ncn1. The Balaban J connectivity index is 1.74. The quantitative estimate of drug-likeness (QED) is 0.789. The molecule has 2 aliphatic heterocycles. The van der Waals surface area contributed by atoms with Crippen LogP contribution in [0.5, 0.6) is 5.88 Å². The van der Waals surface area contributed by atoms with E-state index in [1.165, 1.54) is 12.6 Å². The van der Waals surface area contributed by atoms with Crippen molar-refractivity contribution in [2.75, 3.05) is 44.5 Å². The van der Waals surface area contributed by atoms with Crippen molar-refractivity contribution in [3.8, 4) is 5.88 Å². The number of rotatable bonds is 6. The van der Waals surface area contributed by atoms with E-state index < -0.39 is 10.0 Å². The van der Waals surface area contributed by atoms with Gasteiger partial charge in [0.1, 0.15) is 12.1 Å². The minimum absolute atomic E-state index is 0.0475. The van der Waals surface area contributed by atoms with E-state index in [0.29, 0.717) is 12.4 Å². The van der Waals surface area contributed by atoms with Crippen molar-refractivity contribution in [2.45, 2.75) is 25.4 Å². The van der Waals surface area contributed by atoms with Gasteiger partial charge in [0.2, 0.25) is 15.9 Å². The van der Waals surface area contributed by atoms with Crippen LogP contribution in [0.15, 0.2) is 12.4 Å². The average molecular weight is 356 g/mol. The summed E-state index contributed by atoms with van der Waals surface area (Å²) in [5.74, 6) is 1.38. The number of piperidine rings is 1. The van der Waals surface area contributed by atoms with E-state index in [1.807, 2.05) is 6.07 Å². The molecule has 2 saturated heterocycles. The van der Waals surface area contributed by atoms with Crippen molar-refractivity contribution in [2.24, 2.45) is 5.41 Å². The monoisotopic (exact) mass is 356 g/mol. The first-order valence-electron chi connectivity index (χ1n) is 8.09. The van der Waals surface area contributed by atoms with Crippen LogP contribution in [0.4, 0.5) is 5.82 Å². The van der Waals surface area contributed by atoms with Gasteiger partial charge in [0, 0.05) is 37.7 Å². The molecule has 1 aromatic heterocycles. The molecule has 0 aliphatic carbocycles. The number of methoxy groups -OCH3 is 1. The number of ether oxygens (including phenoxy) is 2. The Labute approximate surface area is 142 Å². The molecule has 0 radical (unpaired) electrons. The second-order valence-electron chi connectivity index (χ2n) is 6.52. The van der Waals surface area contributed by atoms with Gasteiger partial charge >= 0.3 is 0 Å². The maximum absolute atomic E-state index is 11.3. The summed E-state index contributed by atoms with van der Waals surface area (Å²) in [4.78, 5) is 10.6. The van der Waals surface area contributed by atoms with E-state index in [1.54, 1.807) is 7.11 Å². The van der Waals surface area contributed by atoms with Crippen molar-refractivity contribution in [3.05, 3.63) is 12.4 Å². The number of nitrogens with one attached hydrogen (secondary N) is 1. The first-order chi connectivity index (χ1) is 11.4. The first-order valence-corrected chi connectivity index (χ1v) is 9.98. The van der Waals surface area contributed by atoms with Gasteiger partial charge in [-0.2, -0.15) is 0 Å². The van der Waals surface area contributed by atoms with Crippen molar-refractivity contribution >= 4 is 15.8 Å². The molecule has 134 valence electrons. The predicted molar refractivity (Wildman–Crippen MR) is 89.7 cm³/mol. The van der Waals surface area contributed by atoms with Crippen molar-refractivity contribution in [1.82, 2.24) is 14.7 Å². The third-order valence-corrected chi connectivity index (χ3v) is 5.65. The number of hydrogen-bond donors (Lipinski definition) is 1. The molecule has 9 heteroatoms. The van der Waals surface area contributed by atoms with Crippen LogP contribution >= 0.6 is 0 Å². The Bertz CT molecular complexity index is 684. The van der Waals surface area contributed by atoms with Gasteiger partial charge < -0.3 is 14.4 Å². The van der Waals surface area contributed by atoms with Crippen LogP contribution in [0.2, 0.25) is 0 Å². The summed E-state index contributed by atoms with van der Waals surface area (Å²) >= 11 is 0. The topological polar surface area (TPSA) is 93.7 Å². The summed E-state index contributed by atoms with van der Waals surface area (Å²) in [6, 6.07) is 1.83. The van der Waals surface area contributed by atoms with Crippen LogP contribution in [-0.4, -0.2) is 64.1 Å². The normalized spacial score (nSPS) is 27.1. The minimum Gasteiger partial charge on any atom is -0.481 e.